The number of anilines is 2. The Morgan fingerprint density at radius 2 is 1.61 bits per heavy atom. The number of benzene rings is 1. The summed E-state index contributed by atoms with van der Waals surface area (Å²) >= 11 is 0. The molecular weight excluding hydrogens is 292 g/mol. The normalized spacial score (nSPS) is 15.1. The highest BCUT2D eigenvalue weighted by molar-refractivity contribution is 5.78. The number of nitrogens with zero attached hydrogens (tertiary/aromatic N) is 5. The molecule has 23 heavy (non-hydrogen) atoms. The molecule has 4 rings (SSSR count). The first-order valence-electron chi connectivity index (χ1n) is 7.57. The Balaban J connectivity index is 1.56. The van der Waals surface area contributed by atoms with Gasteiger partial charge in [0.25, 0.3) is 5.56 Å². The van der Waals surface area contributed by atoms with Crippen LogP contribution in [0.5, 0.6) is 0 Å². The van der Waals surface area contributed by atoms with Crippen LogP contribution in [0.2, 0.25) is 0 Å². The number of hydrogen-bond donors (Lipinski definition) is 1. The second-order valence-electron chi connectivity index (χ2n) is 5.43. The number of aromatic nitrogens is 4. The Bertz CT molecular complexity index is 870. The maximum absolute atomic E-state index is 12.2. The van der Waals surface area contributed by atoms with Gasteiger partial charge < -0.3 is 9.80 Å². The lowest BCUT2D eigenvalue weighted by Crippen LogP contribution is -2.48. The fraction of sp³-hybridized carbons (Fsp3) is 0.250. The molecule has 0 saturated carbocycles. The molecule has 0 unspecified atom stereocenters. The number of piperazine rings is 1. The predicted molar refractivity (Wildman–Crippen MR) is 88.8 cm³/mol. The molecule has 3 aromatic rings. The van der Waals surface area contributed by atoms with Gasteiger partial charge in [0.05, 0.1) is 10.9 Å². The monoisotopic (exact) mass is 308 g/mol. The number of aromatic amines is 1. The highest BCUT2D eigenvalue weighted by Gasteiger charge is 2.20. The highest BCUT2D eigenvalue weighted by atomic mass is 16.1. The predicted octanol–water partition coefficient (Wildman–Crippen LogP) is 1.04. The van der Waals surface area contributed by atoms with Gasteiger partial charge in [-0.05, 0) is 18.2 Å². The molecule has 1 aliphatic heterocycles. The van der Waals surface area contributed by atoms with E-state index in [1.54, 1.807) is 18.5 Å². The van der Waals surface area contributed by atoms with Crippen molar-refractivity contribution >= 4 is 22.8 Å². The van der Waals surface area contributed by atoms with Crippen LogP contribution in [0.4, 0.5) is 11.9 Å². The van der Waals surface area contributed by atoms with Gasteiger partial charge in [-0.3, -0.25) is 9.78 Å². The topological polar surface area (TPSA) is 78.0 Å². The van der Waals surface area contributed by atoms with Gasteiger partial charge >= 0.3 is 0 Å². The number of hydrogen-bond acceptors (Lipinski definition) is 6. The summed E-state index contributed by atoms with van der Waals surface area (Å²) in [6, 6.07) is 9.20. The minimum atomic E-state index is -0.0978. The molecule has 1 aliphatic rings. The molecule has 1 fully saturated rings. The Kier molecular flexibility index (Phi) is 3.38. The molecule has 1 aromatic carbocycles. The summed E-state index contributed by atoms with van der Waals surface area (Å²) in [7, 11) is 0. The van der Waals surface area contributed by atoms with E-state index in [4.69, 9.17) is 0 Å². The molecule has 3 heterocycles. The minimum Gasteiger partial charge on any atom is -0.339 e. The van der Waals surface area contributed by atoms with Crippen molar-refractivity contribution in [1.29, 1.82) is 0 Å². The molecule has 0 atom stereocenters. The third-order valence-electron chi connectivity index (χ3n) is 4.01. The molecule has 0 radical (unpaired) electrons. The van der Waals surface area contributed by atoms with Crippen LogP contribution in [0.15, 0.2) is 47.5 Å². The Morgan fingerprint density at radius 3 is 2.39 bits per heavy atom. The maximum Gasteiger partial charge on any atom is 0.260 e. The molecule has 0 aliphatic carbocycles. The zero-order chi connectivity index (χ0) is 15.6. The average Bonchev–Trinajstić information content (AvgIpc) is 2.63. The summed E-state index contributed by atoms with van der Waals surface area (Å²) in [6.45, 7) is 3.11. The zero-order valence-electron chi connectivity index (χ0n) is 12.5. The third-order valence-corrected chi connectivity index (χ3v) is 4.01. The van der Waals surface area contributed by atoms with Crippen molar-refractivity contribution in [3.05, 3.63) is 53.1 Å². The lowest BCUT2D eigenvalue weighted by Gasteiger charge is -2.34. The Labute approximate surface area is 132 Å². The van der Waals surface area contributed by atoms with Gasteiger partial charge in [0.15, 0.2) is 0 Å². The highest BCUT2D eigenvalue weighted by Crippen LogP contribution is 2.15. The average molecular weight is 308 g/mol. The Hall–Kier alpha value is -2.96. The van der Waals surface area contributed by atoms with Crippen molar-refractivity contribution in [1.82, 2.24) is 19.9 Å². The van der Waals surface area contributed by atoms with Gasteiger partial charge in [-0.1, -0.05) is 12.1 Å². The van der Waals surface area contributed by atoms with E-state index < -0.39 is 0 Å². The molecule has 116 valence electrons. The van der Waals surface area contributed by atoms with Crippen LogP contribution in [-0.2, 0) is 0 Å². The van der Waals surface area contributed by atoms with E-state index in [1.807, 2.05) is 24.3 Å². The molecule has 2 aromatic heterocycles. The largest absolute Gasteiger partial charge is 0.339 e. The van der Waals surface area contributed by atoms with Crippen LogP contribution in [0.1, 0.15) is 0 Å². The van der Waals surface area contributed by atoms with E-state index in [2.05, 4.69) is 29.7 Å². The van der Waals surface area contributed by atoms with Gasteiger partial charge in [-0.15, -0.1) is 0 Å². The fourth-order valence-corrected chi connectivity index (χ4v) is 2.80. The maximum atomic E-state index is 12.2. The first-order valence-corrected chi connectivity index (χ1v) is 7.57. The molecule has 7 heteroatoms. The second-order valence-corrected chi connectivity index (χ2v) is 5.43. The van der Waals surface area contributed by atoms with Crippen LogP contribution < -0.4 is 15.4 Å². The first kappa shape index (κ1) is 13.7. The number of fused-ring (bicyclic) bond motifs is 1. The molecule has 7 nitrogen and oxygen atoms in total. The molecule has 1 saturated heterocycles. The second kappa shape index (κ2) is 5.68. The SMILES string of the molecule is O=c1[nH]c(N2CCN(c3ncccn3)CC2)nc2ccccc12. The van der Waals surface area contributed by atoms with E-state index in [0.717, 1.165) is 37.6 Å². The number of rotatable bonds is 2. The summed E-state index contributed by atoms with van der Waals surface area (Å²) in [5, 5.41) is 0.618. The van der Waals surface area contributed by atoms with E-state index >= 15 is 0 Å². The standard InChI is InChI=1S/C16H16N6O/c23-14-12-4-1-2-5-13(12)19-16(20-14)22-10-8-21(9-11-22)15-17-6-3-7-18-15/h1-7H,8-11H2,(H,19,20,23). The van der Waals surface area contributed by atoms with E-state index in [1.165, 1.54) is 0 Å². The Morgan fingerprint density at radius 1 is 0.913 bits per heavy atom. The van der Waals surface area contributed by atoms with Gasteiger partial charge in [-0.25, -0.2) is 15.0 Å². The fourth-order valence-electron chi connectivity index (χ4n) is 2.80. The van der Waals surface area contributed by atoms with Crippen molar-refractivity contribution in [2.24, 2.45) is 0 Å². The van der Waals surface area contributed by atoms with Crippen LogP contribution in [0.25, 0.3) is 10.9 Å². The number of para-hydroxylation sites is 1. The molecular formula is C16H16N6O. The lowest BCUT2D eigenvalue weighted by molar-refractivity contribution is 0.628. The number of nitrogens with one attached hydrogen (secondary N) is 1. The van der Waals surface area contributed by atoms with Crippen molar-refractivity contribution in [2.75, 3.05) is 36.0 Å². The van der Waals surface area contributed by atoms with Crippen LogP contribution in [0, 0.1) is 0 Å². The van der Waals surface area contributed by atoms with E-state index in [9.17, 15) is 4.79 Å². The van der Waals surface area contributed by atoms with Crippen LogP contribution in [-0.4, -0.2) is 46.1 Å². The van der Waals surface area contributed by atoms with Crippen molar-refractivity contribution < 1.29 is 0 Å². The smallest absolute Gasteiger partial charge is 0.260 e. The van der Waals surface area contributed by atoms with Gasteiger partial charge in [0.1, 0.15) is 0 Å². The molecule has 0 amide bonds. The van der Waals surface area contributed by atoms with E-state index in [-0.39, 0.29) is 5.56 Å². The molecule has 1 N–H and O–H groups in total. The van der Waals surface area contributed by atoms with Crippen LogP contribution >= 0.6 is 0 Å². The van der Waals surface area contributed by atoms with Crippen LogP contribution in [0.3, 0.4) is 0 Å². The number of H-pyrrole nitrogens is 1. The summed E-state index contributed by atoms with van der Waals surface area (Å²) in [4.78, 5) is 32.4. The summed E-state index contributed by atoms with van der Waals surface area (Å²) < 4.78 is 0. The van der Waals surface area contributed by atoms with E-state index in [0.29, 0.717) is 11.3 Å². The summed E-state index contributed by atoms with van der Waals surface area (Å²) in [5.74, 6) is 1.37. The minimum absolute atomic E-state index is 0.0978. The zero-order valence-corrected chi connectivity index (χ0v) is 12.5. The lowest BCUT2D eigenvalue weighted by atomic mass is 10.2. The van der Waals surface area contributed by atoms with Gasteiger partial charge in [0, 0.05) is 38.6 Å². The third kappa shape index (κ3) is 2.61. The summed E-state index contributed by atoms with van der Waals surface area (Å²) in [6.07, 6.45) is 3.49. The van der Waals surface area contributed by atoms with Crippen molar-refractivity contribution in [2.45, 2.75) is 0 Å². The van der Waals surface area contributed by atoms with Gasteiger partial charge in [0.2, 0.25) is 11.9 Å². The van der Waals surface area contributed by atoms with Crippen molar-refractivity contribution in [3.8, 4) is 0 Å². The van der Waals surface area contributed by atoms with Crippen molar-refractivity contribution in [3.63, 3.8) is 0 Å². The first-order chi connectivity index (χ1) is 11.3. The van der Waals surface area contributed by atoms with Gasteiger partial charge in [-0.2, -0.15) is 0 Å². The molecule has 0 bridgehead atoms. The quantitative estimate of drug-likeness (QED) is 0.762. The summed E-state index contributed by atoms with van der Waals surface area (Å²) in [5.41, 5.74) is 0.625. The molecule has 0 spiro atoms.